The maximum atomic E-state index is 12.2. The summed E-state index contributed by atoms with van der Waals surface area (Å²) in [7, 11) is 1.56. The summed E-state index contributed by atoms with van der Waals surface area (Å²) in [4.78, 5) is 30.1. The van der Waals surface area contributed by atoms with E-state index in [2.05, 4.69) is 44.9 Å². The molecule has 2 heterocycles. The maximum absolute atomic E-state index is 12.2. The number of hydrogen-bond donors (Lipinski definition) is 3. The highest BCUT2D eigenvalue weighted by molar-refractivity contribution is 6.04. The van der Waals surface area contributed by atoms with Crippen LogP contribution >= 0.6 is 0 Å². The second-order valence-corrected chi connectivity index (χ2v) is 7.57. The number of amides is 3. The van der Waals surface area contributed by atoms with Crippen LogP contribution in [0.3, 0.4) is 0 Å². The summed E-state index contributed by atoms with van der Waals surface area (Å²) in [5.74, 6) is 0.238. The van der Waals surface area contributed by atoms with E-state index in [0.29, 0.717) is 11.3 Å². The van der Waals surface area contributed by atoms with Gasteiger partial charge in [0, 0.05) is 48.3 Å². The average molecular weight is 406 g/mol. The molecule has 3 aromatic rings. The molecule has 7 nitrogen and oxygen atoms in total. The highest BCUT2D eigenvalue weighted by Crippen LogP contribution is 2.21. The van der Waals surface area contributed by atoms with Crippen LogP contribution in [0.25, 0.3) is 10.9 Å². The molecule has 0 atom stereocenters. The summed E-state index contributed by atoms with van der Waals surface area (Å²) in [5, 5.41) is 6.58. The molecule has 3 amide bonds. The van der Waals surface area contributed by atoms with E-state index in [1.165, 1.54) is 10.9 Å². The molecule has 7 heteroatoms. The number of likely N-dealkylation sites (tertiary alicyclic amines) is 1. The zero-order valence-electron chi connectivity index (χ0n) is 17.0. The number of carbonyl (C=O) groups is 2. The molecule has 0 bridgehead atoms. The number of nitrogens with zero attached hydrogens (tertiary/aromatic N) is 1. The van der Waals surface area contributed by atoms with Crippen LogP contribution in [-0.2, 0) is 6.54 Å². The number of ether oxygens (including phenoxy) is 1. The summed E-state index contributed by atoms with van der Waals surface area (Å²) in [5.41, 5.74) is 2.86. The zero-order chi connectivity index (χ0) is 20.9. The van der Waals surface area contributed by atoms with Crippen LogP contribution < -0.4 is 15.4 Å². The predicted octanol–water partition coefficient (Wildman–Crippen LogP) is 3.28. The number of H-pyrrole nitrogens is 1. The number of para-hydroxylation sites is 1. The van der Waals surface area contributed by atoms with Crippen LogP contribution in [0, 0.1) is 0 Å². The Hall–Kier alpha value is -3.32. The Kier molecular flexibility index (Phi) is 5.99. The van der Waals surface area contributed by atoms with Gasteiger partial charge in [-0.3, -0.25) is 15.0 Å². The first-order valence-corrected chi connectivity index (χ1v) is 10.2. The van der Waals surface area contributed by atoms with E-state index >= 15 is 0 Å². The number of aromatic amines is 1. The second kappa shape index (κ2) is 9.00. The van der Waals surface area contributed by atoms with Gasteiger partial charge in [0.15, 0.2) is 0 Å². The highest BCUT2D eigenvalue weighted by atomic mass is 16.5. The molecule has 0 spiro atoms. The Bertz CT molecular complexity index is 1020. The van der Waals surface area contributed by atoms with Gasteiger partial charge in [0.1, 0.15) is 5.75 Å². The van der Waals surface area contributed by atoms with Crippen molar-refractivity contribution in [1.29, 1.82) is 0 Å². The fourth-order valence-electron chi connectivity index (χ4n) is 3.88. The summed E-state index contributed by atoms with van der Waals surface area (Å²) >= 11 is 0. The number of imide groups is 1. The Morgan fingerprint density at radius 1 is 1.10 bits per heavy atom. The number of methoxy groups -OCH3 is 1. The van der Waals surface area contributed by atoms with Crippen molar-refractivity contribution in [3.8, 4) is 5.75 Å². The molecule has 2 aromatic carbocycles. The Labute approximate surface area is 175 Å². The van der Waals surface area contributed by atoms with Crippen LogP contribution in [-0.4, -0.2) is 48.1 Å². The van der Waals surface area contributed by atoms with E-state index in [-0.39, 0.29) is 6.04 Å². The summed E-state index contributed by atoms with van der Waals surface area (Å²) in [6.45, 7) is 2.69. The summed E-state index contributed by atoms with van der Waals surface area (Å²) < 4.78 is 5.08. The minimum Gasteiger partial charge on any atom is -0.497 e. The zero-order valence-corrected chi connectivity index (χ0v) is 17.0. The second-order valence-electron chi connectivity index (χ2n) is 7.57. The van der Waals surface area contributed by atoms with Crippen molar-refractivity contribution in [3.05, 3.63) is 65.9 Å². The molecule has 0 saturated carbocycles. The van der Waals surface area contributed by atoms with E-state index in [1.807, 2.05) is 6.07 Å². The summed E-state index contributed by atoms with van der Waals surface area (Å²) in [6, 6.07) is 14.6. The van der Waals surface area contributed by atoms with E-state index in [9.17, 15) is 9.59 Å². The standard InChI is InChI=1S/C23H26N4O3/c1-30-19-8-6-16(7-9-19)22(28)26-23(29)25-18-10-12-27(13-11-18)15-17-14-24-21-5-3-2-4-20(17)21/h2-9,14,18,24H,10-13,15H2,1H3,(H2,25,26,28,29). The number of rotatable bonds is 5. The minimum absolute atomic E-state index is 0.0629. The Balaban J connectivity index is 1.24. The minimum atomic E-state index is -0.453. The van der Waals surface area contributed by atoms with Gasteiger partial charge in [0.2, 0.25) is 0 Å². The molecule has 3 N–H and O–H groups in total. The fourth-order valence-corrected chi connectivity index (χ4v) is 3.88. The Morgan fingerprint density at radius 2 is 1.83 bits per heavy atom. The van der Waals surface area contributed by atoms with E-state index < -0.39 is 11.9 Å². The van der Waals surface area contributed by atoms with Crippen molar-refractivity contribution in [2.75, 3.05) is 20.2 Å². The first-order chi connectivity index (χ1) is 14.6. The van der Waals surface area contributed by atoms with Crippen molar-refractivity contribution >= 4 is 22.8 Å². The smallest absolute Gasteiger partial charge is 0.321 e. The molecule has 30 heavy (non-hydrogen) atoms. The molecule has 156 valence electrons. The lowest BCUT2D eigenvalue weighted by atomic mass is 10.0. The van der Waals surface area contributed by atoms with Gasteiger partial charge in [-0.25, -0.2) is 4.79 Å². The lowest BCUT2D eigenvalue weighted by Gasteiger charge is -2.32. The molecular weight excluding hydrogens is 380 g/mol. The van der Waals surface area contributed by atoms with Crippen molar-refractivity contribution in [2.45, 2.75) is 25.4 Å². The molecule has 0 aliphatic carbocycles. The van der Waals surface area contributed by atoms with Crippen LogP contribution in [0.2, 0.25) is 0 Å². The first-order valence-electron chi connectivity index (χ1n) is 10.2. The van der Waals surface area contributed by atoms with E-state index in [4.69, 9.17) is 4.74 Å². The lowest BCUT2D eigenvalue weighted by molar-refractivity contribution is 0.0961. The molecule has 1 saturated heterocycles. The number of piperidine rings is 1. The number of carbonyl (C=O) groups excluding carboxylic acids is 2. The molecule has 1 aliphatic rings. The van der Waals surface area contributed by atoms with Crippen molar-refractivity contribution in [2.24, 2.45) is 0 Å². The van der Waals surface area contributed by atoms with Gasteiger partial charge in [-0.05, 0) is 48.7 Å². The van der Waals surface area contributed by atoms with E-state index in [0.717, 1.165) is 38.0 Å². The van der Waals surface area contributed by atoms with Crippen LogP contribution in [0.4, 0.5) is 4.79 Å². The normalized spacial score (nSPS) is 15.1. The number of nitrogens with one attached hydrogen (secondary N) is 3. The monoisotopic (exact) mass is 406 g/mol. The van der Waals surface area contributed by atoms with Crippen molar-refractivity contribution < 1.29 is 14.3 Å². The van der Waals surface area contributed by atoms with Gasteiger partial charge in [-0.1, -0.05) is 18.2 Å². The number of urea groups is 1. The van der Waals surface area contributed by atoms with Gasteiger partial charge in [0.25, 0.3) is 5.91 Å². The SMILES string of the molecule is COc1ccc(C(=O)NC(=O)NC2CCN(Cc3c[nH]c4ccccc34)CC2)cc1. The number of benzene rings is 2. The third-order valence-corrected chi connectivity index (χ3v) is 5.57. The van der Waals surface area contributed by atoms with Crippen molar-refractivity contribution in [3.63, 3.8) is 0 Å². The Morgan fingerprint density at radius 3 is 2.57 bits per heavy atom. The molecule has 1 fully saturated rings. The highest BCUT2D eigenvalue weighted by Gasteiger charge is 2.22. The maximum Gasteiger partial charge on any atom is 0.321 e. The molecule has 1 aliphatic heterocycles. The van der Waals surface area contributed by atoms with E-state index in [1.54, 1.807) is 31.4 Å². The topological polar surface area (TPSA) is 86.5 Å². The predicted molar refractivity (Wildman–Crippen MR) is 116 cm³/mol. The quantitative estimate of drug-likeness (QED) is 0.607. The van der Waals surface area contributed by atoms with Crippen LogP contribution in [0.15, 0.2) is 54.7 Å². The fraction of sp³-hybridized carbons (Fsp3) is 0.304. The molecule has 1 aromatic heterocycles. The van der Waals surface area contributed by atoms with Gasteiger partial charge in [-0.2, -0.15) is 0 Å². The lowest BCUT2D eigenvalue weighted by Crippen LogP contribution is -2.49. The molecule has 4 rings (SSSR count). The number of aromatic nitrogens is 1. The number of fused-ring (bicyclic) bond motifs is 1. The van der Waals surface area contributed by atoms with Gasteiger partial charge < -0.3 is 15.0 Å². The summed E-state index contributed by atoms with van der Waals surface area (Å²) in [6.07, 6.45) is 3.78. The molecular formula is C23H26N4O3. The third-order valence-electron chi connectivity index (χ3n) is 5.57. The largest absolute Gasteiger partial charge is 0.497 e. The van der Waals surface area contributed by atoms with Crippen molar-refractivity contribution in [1.82, 2.24) is 20.5 Å². The van der Waals surface area contributed by atoms with Gasteiger partial charge >= 0.3 is 6.03 Å². The van der Waals surface area contributed by atoms with Gasteiger partial charge in [0.05, 0.1) is 7.11 Å². The first kappa shape index (κ1) is 20.0. The average Bonchev–Trinajstić information content (AvgIpc) is 3.18. The number of hydrogen-bond acceptors (Lipinski definition) is 4. The van der Waals surface area contributed by atoms with Crippen LogP contribution in [0.1, 0.15) is 28.8 Å². The third kappa shape index (κ3) is 4.63. The van der Waals surface area contributed by atoms with Crippen LogP contribution in [0.5, 0.6) is 5.75 Å². The molecule has 0 radical (unpaired) electrons. The van der Waals surface area contributed by atoms with Gasteiger partial charge in [-0.15, -0.1) is 0 Å². The molecule has 0 unspecified atom stereocenters.